The number of rotatable bonds is 13. The Bertz CT molecular complexity index is 1830. The third kappa shape index (κ3) is 9.27. The first kappa shape index (κ1) is 36.3. The van der Waals surface area contributed by atoms with Gasteiger partial charge in [-0.05, 0) is 51.8 Å². The second kappa shape index (κ2) is 16.7. The molecule has 0 unspecified atom stereocenters. The minimum Gasteiger partial charge on any atom is -0.464 e. The van der Waals surface area contributed by atoms with Gasteiger partial charge in [-0.25, -0.2) is 19.0 Å². The first-order valence-corrected chi connectivity index (χ1v) is 18.0. The van der Waals surface area contributed by atoms with Gasteiger partial charge in [-0.15, -0.1) is 11.3 Å². The molecule has 5 heterocycles. The zero-order chi connectivity index (χ0) is 35.9. The molecule has 2 aliphatic rings. The molecule has 4 aromatic heterocycles. The minimum atomic E-state index is -0.879. The van der Waals surface area contributed by atoms with E-state index in [1.807, 2.05) is 6.92 Å². The molecule has 1 aliphatic carbocycles. The predicted octanol–water partition coefficient (Wildman–Crippen LogP) is 4.53. The number of piperazine rings is 1. The van der Waals surface area contributed by atoms with Gasteiger partial charge in [0.15, 0.2) is 5.82 Å². The molecule has 0 aromatic carbocycles. The Kier molecular flexibility index (Phi) is 11.9. The molecule has 1 saturated carbocycles. The van der Waals surface area contributed by atoms with Crippen molar-refractivity contribution in [1.29, 1.82) is 0 Å². The number of nitrogens with zero attached hydrogens (tertiary/aromatic N) is 8. The van der Waals surface area contributed by atoms with Gasteiger partial charge in [0.05, 0.1) is 30.5 Å². The summed E-state index contributed by atoms with van der Waals surface area (Å²) >= 11 is 1.17. The number of pyridine rings is 1. The Morgan fingerprint density at radius 2 is 1.78 bits per heavy atom. The van der Waals surface area contributed by atoms with Crippen molar-refractivity contribution in [1.82, 2.24) is 39.3 Å². The average Bonchev–Trinajstić information content (AvgIpc) is 3.90. The van der Waals surface area contributed by atoms with E-state index in [4.69, 9.17) is 9.47 Å². The van der Waals surface area contributed by atoms with Gasteiger partial charge in [0.2, 0.25) is 11.9 Å². The van der Waals surface area contributed by atoms with Crippen LogP contribution in [0.15, 0.2) is 36.1 Å². The van der Waals surface area contributed by atoms with Crippen molar-refractivity contribution < 1.29 is 32.6 Å². The van der Waals surface area contributed by atoms with Crippen molar-refractivity contribution in [3.8, 4) is 22.0 Å². The number of thiazole rings is 1. The SMILES string of the molecule is CCO[C@H]1CC[C@H](n2cc(NC(=O)c3csc(-c4cnn(C(=O)CCC(=O)OCCN5CCN(C)CC5)c4)n3)c(-c3nc(F)ccc3F)n2)CC1. The largest absolute Gasteiger partial charge is 0.464 e. The third-order valence-electron chi connectivity index (χ3n) is 9.07. The summed E-state index contributed by atoms with van der Waals surface area (Å²) in [5, 5.41) is 13.4. The van der Waals surface area contributed by atoms with Crippen LogP contribution in [0.1, 0.15) is 66.8 Å². The number of aromatic nitrogens is 6. The van der Waals surface area contributed by atoms with Crippen LogP contribution < -0.4 is 5.32 Å². The number of hydrogen-bond acceptors (Lipinski definition) is 12. The highest BCUT2D eigenvalue weighted by molar-refractivity contribution is 7.13. The third-order valence-corrected chi connectivity index (χ3v) is 9.96. The lowest BCUT2D eigenvalue weighted by atomic mass is 9.93. The zero-order valence-corrected chi connectivity index (χ0v) is 29.4. The standard InChI is InChI=1S/C34H41F2N9O5S/c1-3-49-24-6-4-23(5-7-24)44-20-26(32(41-44)31-25(35)8-9-28(36)40-31)38-33(48)27-21-51-34(39-27)22-18-37-45(19-22)29(46)10-11-30(47)50-17-16-43-14-12-42(2)13-15-43/h8-9,18-21,23-24H,3-7,10-17H2,1-2H3,(H,38,48)/t23-,24-. The Morgan fingerprint density at radius 3 is 2.55 bits per heavy atom. The van der Waals surface area contributed by atoms with Crippen LogP contribution in [0.2, 0.25) is 0 Å². The molecule has 0 bridgehead atoms. The maximum atomic E-state index is 14.9. The molecule has 17 heteroatoms. The Morgan fingerprint density at radius 1 is 1.00 bits per heavy atom. The molecule has 0 radical (unpaired) electrons. The summed E-state index contributed by atoms with van der Waals surface area (Å²) in [5.41, 5.74) is 0.416. The topological polar surface area (TPSA) is 150 Å². The monoisotopic (exact) mass is 725 g/mol. The number of hydrogen-bond donors (Lipinski definition) is 1. The van der Waals surface area contributed by atoms with Crippen LogP contribution >= 0.6 is 11.3 Å². The molecular weight excluding hydrogens is 684 g/mol. The van der Waals surface area contributed by atoms with Crippen molar-refractivity contribution in [2.24, 2.45) is 0 Å². The van der Waals surface area contributed by atoms with Crippen LogP contribution in [0.4, 0.5) is 14.5 Å². The molecule has 1 aliphatic heterocycles. The van der Waals surface area contributed by atoms with Gasteiger partial charge >= 0.3 is 5.97 Å². The molecule has 1 N–H and O–H groups in total. The number of amides is 1. The first-order chi connectivity index (χ1) is 24.7. The minimum absolute atomic E-state index is 0.00133. The summed E-state index contributed by atoms with van der Waals surface area (Å²) < 4.78 is 42.9. The molecule has 1 amide bonds. The highest BCUT2D eigenvalue weighted by Crippen LogP contribution is 2.35. The van der Waals surface area contributed by atoms with Crippen molar-refractivity contribution in [2.75, 3.05) is 58.3 Å². The van der Waals surface area contributed by atoms with E-state index in [1.54, 1.807) is 16.3 Å². The summed E-state index contributed by atoms with van der Waals surface area (Å²) in [5.74, 6) is -3.09. The second-order valence-corrected chi connectivity index (χ2v) is 13.5. The van der Waals surface area contributed by atoms with Crippen LogP contribution in [0.5, 0.6) is 0 Å². The Labute approximate surface area is 297 Å². The van der Waals surface area contributed by atoms with Crippen molar-refractivity contribution >= 4 is 34.8 Å². The lowest BCUT2D eigenvalue weighted by molar-refractivity contribution is -0.144. The van der Waals surface area contributed by atoms with E-state index in [9.17, 15) is 23.2 Å². The highest BCUT2D eigenvalue weighted by atomic mass is 32.1. The summed E-state index contributed by atoms with van der Waals surface area (Å²) in [4.78, 5) is 51.0. The van der Waals surface area contributed by atoms with E-state index in [0.29, 0.717) is 23.7 Å². The van der Waals surface area contributed by atoms with Gasteiger partial charge in [0.1, 0.15) is 28.7 Å². The molecule has 1 saturated heterocycles. The number of likely N-dealkylation sites (N-methyl/N-ethyl adjacent to an activating group) is 1. The molecule has 6 rings (SSSR count). The first-order valence-electron chi connectivity index (χ1n) is 17.1. The number of carbonyl (C=O) groups is 3. The molecular formula is C34H41F2N9O5S. The summed E-state index contributed by atoms with van der Waals surface area (Å²) in [7, 11) is 2.08. The zero-order valence-electron chi connectivity index (χ0n) is 28.6. The van der Waals surface area contributed by atoms with Crippen LogP contribution in [0, 0.1) is 11.8 Å². The summed E-state index contributed by atoms with van der Waals surface area (Å²) in [6, 6.07) is 1.86. The van der Waals surface area contributed by atoms with Crippen molar-refractivity contribution in [3.63, 3.8) is 0 Å². The van der Waals surface area contributed by atoms with E-state index in [-0.39, 0.29) is 60.3 Å². The molecule has 14 nitrogen and oxygen atoms in total. The maximum Gasteiger partial charge on any atom is 0.306 e. The van der Waals surface area contributed by atoms with Crippen LogP contribution in [0.3, 0.4) is 0 Å². The average molecular weight is 726 g/mol. The number of esters is 1. The molecule has 4 aromatic rings. The molecule has 0 atom stereocenters. The quantitative estimate of drug-likeness (QED) is 0.153. The smallest absolute Gasteiger partial charge is 0.306 e. The van der Waals surface area contributed by atoms with Crippen LogP contribution in [-0.4, -0.2) is 116 Å². The van der Waals surface area contributed by atoms with E-state index in [1.165, 1.54) is 23.7 Å². The van der Waals surface area contributed by atoms with Gasteiger partial charge in [-0.3, -0.25) is 24.0 Å². The normalized spacial score (nSPS) is 18.5. The van der Waals surface area contributed by atoms with Crippen molar-refractivity contribution in [2.45, 2.75) is 57.6 Å². The highest BCUT2D eigenvalue weighted by Gasteiger charge is 2.27. The van der Waals surface area contributed by atoms with E-state index < -0.39 is 23.6 Å². The van der Waals surface area contributed by atoms with Gasteiger partial charge in [-0.2, -0.15) is 14.6 Å². The van der Waals surface area contributed by atoms with E-state index in [0.717, 1.165) is 68.7 Å². The van der Waals surface area contributed by atoms with E-state index >= 15 is 0 Å². The molecule has 272 valence electrons. The van der Waals surface area contributed by atoms with Gasteiger partial charge in [-0.1, -0.05) is 0 Å². The Balaban J connectivity index is 1.07. The summed E-state index contributed by atoms with van der Waals surface area (Å²) in [6.07, 6.45) is 7.76. The number of anilines is 1. The van der Waals surface area contributed by atoms with Crippen molar-refractivity contribution in [3.05, 3.63) is 53.6 Å². The maximum absolute atomic E-state index is 14.9. The molecule has 51 heavy (non-hydrogen) atoms. The lowest BCUT2D eigenvalue weighted by Crippen LogP contribution is -2.45. The number of carbonyl (C=O) groups excluding carboxylic acids is 3. The molecule has 2 fully saturated rings. The number of halogens is 2. The van der Waals surface area contributed by atoms with Gasteiger partial charge in [0.25, 0.3) is 5.91 Å². The van der Waals surface area contributed by atoms with Crippen LogP contribution in [-0.2, 0) is 14.3 Å². The number of nitrogens with one attached hydrogen (secondary N) is 1. The Hall–Kier alpha value is -4.45. The number of ether oxygens (including phenoxy) is 2. The predicted molar refractivity (Wildman–Crippen MR) is 184 cm³/mol. The molecule has 0 spiro atoms. The van der Waals surface area contributed by atoms with E-state index in [2.05, 4.69) is 42.3 Å². The fraction of sp³-hybridized carbons (Fsp3) is 0.500. The lowest BCUT2D eigenvalue weighted by Gasteiger charge is -2.32. The second-order valence-electron chi connectivity index (χ2n) is 12.6. The fourth-order valence-electron chi connectivity index (χ4n) is 6.16. The summed E-state index contributed by atoms with van der Waals surface area (Å²) in [6.45, 7) is 7.35. The van der Waals surface area contributed by atoms with Crippen LogP contribution in [0.25, 0.3) is 22.0 Å². The van der Waals surface area contributed by atoms with Gasteiger partial charge < -0.3 is 19.7 Å². The van der Waals surface area contributed by atoms with Gasteiger partial charge in [0, 0.05) is 69.1 Å². The fourth-order valence-corrected chi connectivity index (χ4v) is 6.94.